The Labute approximate surface area is 160 Å². The number of amides is 1. The van der Waals surface area contributed by atoms with Crippen molar-refractivity contribution in [1.82, 2.24) is 14.6 Å². The molecule has 0 aliphatic carbocycles. The van der Waals surface area contributed by atoms with E-state index in [1.165, 1.54) is 12.1 Å². The van der Waals surface area contributed by atoms with Gasteiger partial charge in [-0.25, -0.2) is 13.1 Å². The number of pyridine rings is 1. The van der Waals surface area contributed by atoms with E-state index in [2.05, 4.69) is 16.6 Å². The quantitative estimate of drug-likeness (QED) is 0.826. The molecule has 1 N–H and O–H groups in total. The van der Waals surface area contributed by atoms with Gasteiger partial charge in [-0.3, -0.25) is 9.78 Å². The molecular formula is C20H25N3O3S. The van der Waals surface area contributed by atoms with Gasteiger partial charge in [0.1, 0.15) is 0 Å². The normalized spacial score (nSPS) is 17.7. The summed E-state index contributed by atoms with van der Waals surface area (Å²) < 4.78 is 27.4. The minimum atomic E-state index is -3.66. The van der Waals surface area contributed by atoms with Crippen LogP contribution in [-0.4, -0.2) is 36.8 Å². The molecule has 7 heteroatoms. The smallest absolute Gasteiger partial charge is 0.254 e. The summed E-state index contributed by atoms with van der Waals surface area (Å²) in [4.78, 5) is 19.0. The van der Waals surface area contributed by atoms with Gasteiger partial charge < -0.3 is 4.90 Å². The van der Waals surface area contributed by atoms with Gasteiger partial charge in [0.2, 0.25) is 10.0 Å². The first kappa shape index (κ1) is 19.5. The Morgan fingerprint density at radius 2 is 1.96 bits per heavy atom. The fraction of sp³-hybridized carbons (Fsp3) is 0.400. The Kier molecular flexibility index (Phi) is 6.23. The molecule has 27 heavy (non-hydrogen) atoms. The zero-order valence-corrected chi connectivity index (χ0v) is 16.3. The molecule has 1 fully saturated rings. The lowest BCUT2D eigenvalue weighted by atomic mass is 9.99. The maximum absolute atomic E-state index is 12.8. The van der Waals surface area contributed by atoms with Crippen LogP contribution in [0.3, 0.4) is 0 Å². The highest BCUT2D eigenvalue weighted by molar-refractivity contribution is 7.89. The molecule has 1 unspecified atom stereocenters. The summed E-state index contributed by atoms with van der Waals surface area (Å²) in [7, 11) is -3.66. The fourth-order valence-corrected chi connectivity index (χ4v) is 4.39. The van der Waals surface area contributed by atoms with E-state index in [1.54, 1.807) is 36.5 Å². The third-order valence-electron chi connectivity index (χ3n) is 4.94. The number of nitrogens with zero attached hydrogens (tertiary/aromatic N) is 2. The summed E-state index contributed by atoms with van der Waals surface area (Å²) in [5.74, 6) is -0.0213. The lowest BCUT2D eigenvalue weighted by molar-refractivity contribution is 0.0608. The summed E-state index contributed by atoms with van der Waals surface area (Å²) in [6, 6.07) is 11.8. The van der Waals surface area contributed by atoms with Crippen LogP contribution in [0.1, 0.15) is 48.7 Å². The predicted octanol–water partition coefficient (Wildman–Crippen LogP) is 2.96. The largest absolute Gasteiger partial charge is 0.336 e. The minimum absolute atomic E-state index is 0.0213. The van der Waals surface area contributed by atoms with Crippen molar-refractivity contribution in [2.24, 2.45) is 0 Å². The number of benzene rings is 1. The molecule has 0 radical (unpaired) electrons. The average Bonchev–Trinajstić information content (AvgIpc) is 2.72. The Hall–Kier alpha value is -2.25. The van der Waals surface area contributed by atoms with Crippen molar-refractivity contribution in [3.63, 3.8) is 0 Å². The molecule has 144 valence electrons. The fourth-order valence-electron chi connectivity index (χ4n) is 3.39. The molecule has 2 aromatic rings. The van der Waals surface area contributed by atoms with E-state index < -0.39 is 10.0 Å². The van der Waals surface area contributed by atoms with Crippen molar-refractivity contribution in [1.29, 1.82) is 0 Å². The Bertz CT molecular complexity index is 867. The number of likely N-dealkylation sites (tertiary alicyclic amines) is 1. The van der Waals surface area contributed by atoms with E-state index in [1.807, 2.05) is 4.90 Å². The van der Waals surface area contributed by atoms with Crippen LogP contribution in [0.2, 0.25) is 0 Å². The molecule has 1 aromatic heterocycles. The first-order valence-electron chi connectivity index (χ1n) is 9.32. The molecule has 0 bridgehead atoms. The number of rotatable bonds is 6. The van der Waals surface area contributed by atoms with E-state index in [-0.39, 0.29) is 23.4 Å². The molecule has 1 aromatic carbocycles. The zero-order valence-electron chi connectivity index (χ0n) is 15.5. The van der Waals surface area contributed by atoms with E-state index in [4.69, 9.17) is 0 Å². The van der Waals surface area contributed by atoms with E-state index in [0.29, 0.717) is 11.3 Å². The first-order chi connectivity index (χ1) is 13.0. The van der Waals surface area contributed by atoms with Crippen molar-refractivity contribution in [3.8, 4) is 0 Å². The van der Waals surface area contributed by atoms with Gasteiger partial charge in [0, 0.05) is 24.3 Å². The molecule has 0 spiro atoms. The molecule has 3 rings (SSSR count). The maximum Gasteiger partial charge on any atom is 0.254 e. The Balaban J connectivity index is 1.69. The van der Waals surface area contributed by atoms with Crippen molar-refractivity contribution < 1.29 is 13.2 Å². The second kappa shape index (κ2) is 8.63. The van der Waals surface area contributed by atoms with Crippen molar-refractivity contribution in [3.05, 3.63) is 59.9 Å². The SMILES string of the molecule is CCC1CCCCN1C(=O)c1ccc(S(=O)(=O)NCc2ccccn2)cc1. The van der Waals surface area contributed by atoms with Gasteiger partial charge in [0.05, 0.1) is 17.1 Å². The van der Waals surface area contributed by atoms with Gasteiger partial charge in [-0.1, -0.05) is 13.0 Å². The van der Waals surface area contributed by atoms with Gasteiger partial charge in [-0.05, 0) is 62.1 Å². The second-order valence-electron chi connectivity index (χ2n) is 6.73. The van der Waals surface area contributed by atoms with Crippen LogP contribution in [0.15, 0.2) is 53.6 Å². The molecule has 1 aliphatic rings. The monoisotopic (exact) mass is 387 g/mol. The molecule has 1 atom stereocenters. The third-order valence-corrected chi connectivity index (χ3v) is 6.36. The number of hydrogen-bond donors (Lipinski definition) is 1. The highest BCUT2D eigenvalue weighted by atomic mass is 32.2. The Morgan fingerprint density at radius 3 is 2.63 bits per heavy atom. The number of sulfonamides is 1. The number of carbonyl (C=O) groups excluding carboxylic acids is 1. The van der Waals surface area contributed by atoms with Gasteiger partial charge in [-0.15, -0.1) is 0 Å². The summed E-state index contributed by atoms with van der Waals surface area (Å²) >= 11 is 0. The van der Waals surface area contributed by atoms with Crippen LogP contribution in [0.25, 0.3) is 0 Å². The second-order valence-corrected chi connectivity index (χ2v) is 8.49. The highest BCUT2D eigenvalue weighted by Crippen LogP contribution is 2.22. The molecule has 1 amide bonds. The third kappa shape index (κ3) is 4.73. The minimum Gasteiger partial charge on any atom is -0.336 e. The number of piperidine rings is 1. The van der Waals surface area contributed by atoms with Gasteiger partial charge in [-0.2, -0.15) is 0 Å². The zero-order chi connectivity index (χ0) is 19.3. The number of carbonyl (C=O) groups is 1. The average molecular weight is 388 g/mol. The van der Waals surface area contributed by atoms with Gasteiger partial charge in [0.15, 0.2) is 0 Å². The van der Waals surface area contributed by atoms with Gasteiger partial charge in [0.25, 0.3) is 5.91 Å². The Morgan fingerprint density at radius 1 is 1.19 bits per heavy atom. The number of aromatic nitrogens is 1. The molecule has 2 heterocycles. The lowest BCUT2D eigenvalue weighted by Gasteiger charge is -2.35. The van der Waals surface area contributed by atoms with Crippen LogP contribution in [0, 0.1) is 0 Å². The van der Waals surface area contributed by atoms with Crippen LogP contribution in [0.5, 0.6) is 0 Å². The summed E-state index contributed by atoms with van der Waals surface area (Å²) in [5.41, 5.74) is 1.17. The van der Waals surface area contributed by atoms with Crippen molar-refractivity contribution in [2.45, 2.75) is 50.1 Å². The highest BCUT2D eigenvalue weighted by Gasteiger charge is 2.26. The molecular weight excluding hydrogens is 362 g/mol. The summed E-state index contributed by atoms with van der Waals surface area (Å²) in [6.45, 7) is 2.98. The number of hydrogen-bond acceptors (Lipinski definition) is 4. The van der Waals surface area contributed by atoms with Crippen molar-refractivity contribution in [2.75, 3.05) is 6.54 Å². The predicted molar refractivity (Wildman–Crippen MR) is 104 cm³/mol. The van der Waals surface area contributed by atoms with Gasteiger partial charge >= 0.3 is 0 Å². The van der Waals surface area contributed by atoms with Crippen LogP contribution >= 0.6 is 0 Å². The molecule has 1 aliphatic heterocycles. The van der Waals surface area contributed by atoms with Crippen LogP contribution in [0.4, 0.5) is 0 Å². The van der Waals surface area contributed by atoms with E-state index >= 15 is 0 Å². The molecule has 6 nitrogen and oxygen atoms in total. The van der Waals surface area contributed by atoms with Crippen LogP contribution < -0.4 is 4.72 Å². The van der Waals surface area contributed by atoms with E-state index in [0.717, 1.165) is 32.2 Å². The molecule has 1 saturated heterocycles. The van der Waals surface area contributed by atoms with Crippen LogP contribution in [-0.2, 0) is 16.6 Å². The first-order valence-corrected chi connectivity index (χ1v) is 10.8. The van der Waals surface area contributed by atoms with Crippen molar-refractivity contribution >= 4 is 15.9 Å². The summed E-state index contributed by atoms with van der Waals surface area (Å²) in [6.07, 6.45) is 5.77. The summed E-state index contributed by atoms with van der Waals surface area (Å²) in [5, 5.41) is 0. The molecule has 0 saturated carbocycles. The number of nitrogens with one attached hydrogen (secondary N) is 1. The standard InChI is InChI=1S/C20H25N3O3S/c1-2-18-8-4-6-14-23(18)20(24)16-9-11-19(12-10-16)27(25,26)22-15-17-7-3-5-13-21-17/h3,5,7,9-13,18,22H,2,4,6,8,14-15H2,1H3. The van der Waals surface area contributed by atoms with E-state index in [9.17, 15) is 13.2 Å². The topological polar surface area (TPSA) is 79.4 Å². The lowest BCUT2D eigenvalue weighted by Crippen LogP contribution is -2.43. The maximum atomic E-state index is 12.8.